The third kappa shape index (κ3) is 6.53. The summed E-state index contributed by atoms with van der Waals surface area (Å²) in [7, 11) is 1.22. The van der Waals surface area contributed by atoms with Gasteiger partial charge >= 0.3 is 18.3 Å². The highest BCUT2D eigenvalue weighted by Crippen LogP contribution is 2.39. The van der Waals surface area contributed by atoms with Crippen LogP contribution in [0, 0.1) is 0 Å². The van der Waals surface area contributed by atoms with Crippen molar-refractivity contribution in [1.82, 2.24) is 15.1 Å². The molecular weight excluding hydrogens is 570 g/mol. The van der Waals surface area contributed by atoms with Crippen LogP contribution < -0.4 is 10.2 Å². The first-order valence-corrected chi connectivity index (χ1v) is 13.0. The van der Waals surface area contributed by atoms with Crippen molar-refractivity contribution in [3.05, 3.63) is 81.5 Å². The van der Waals surface area contributed by atoms with Gasteiger partial charge in [0, 0.05) is 19.7 Å². The fourth-order valence-electron chi connectivity index (χ4n) is 4.88. The summed E-state index contributed by atoms with van der Waals surface area (Å²) in [4.78, 5) is 26.4. The normalized spacial score (nSPS) is 14.1. The van der Waals surface area contributed by atoms with Gasteiger partial charge in [0.2, 0.25) is 0 Å². The number of ether oxygens (including phenoxy) is 1. The first-order chi connectivity index (χ1) is 19.7. The van der Waals surface area contributed by atoms with E-state index in [1.807, 2.05) is 0 Å². The molecule has 4 rings (SSSR count). The van der Waals surface area contributed by atoms with Crippen LogP contribution in [0.25, 0.3) is 0 Å². The van der Waals surface area contributed by atoms with E-state index in [1.165, 1.54) is 48.4 Å². The maximum Gasteiger partial charge on any atom is 0.436 e. The Morgan fingerprint density at radius 1 is 1.05 bits per heavy atom. The Morgan fingerprint density at radius 3 is 2.33 bits per heavy atom. The monoisotopic (exact) mass is 598 g/mol. The van der Waals surface area contributed by atoms with Gasteiger partial charge in [0.1, 0.15) is 11.4 Å². The lowest BCUT2D eigenvalue weighted by atomic mass is 9.99. The lowest BCUT2D eigenvalue weighted by Crippen LogP contribution is -2.31. The van der Waals surface area contributed by atoms with Crippen LogP contribution in [0.5, 0.6) is 0 Å². The quantitative estimate of drug-likeness (QED) is 0.262. The zero-order valence-corrected chi connectivity index (χ0v) is 22.6. The van der Waals surface area contributed by atoms with Crippen molar-refractivity contribution < 1.29 is 45.8 Å². The molecule has 0 saturated heterocycles. The number of aliphatic hydroxyl groups is 1. The number of hydrogen-bond acceptors (Lipinski definition) is 6. The Bertz CT molecular complexity index is 1450. The lowest BCUT2D eigenvalue weighted by Gasteiger charge is -2.22. The number of methoxy groups -OCH3 is 1. The van der Waals surface area contributed by atoms with Crippen LogP contribution in [-0.2, 0) is 36.6 Å². The maximum absolute atomic E-state index is 14.0. The Kier molecular flexibility index (Phi) is 8.85. The van der Waals surface area contributed by atoms with E-state index in [4.69, 9.17) is 5.11 Å². The predicted molar refractivity (Wildman–Crippen MR) is 139 cm³/mol. The minimum absolute atomic E-state index is 0.000190. The number of aliphatic hydroxyl groups excluding tert-OH is 1. The molecule has 0 fully saturated rings. The number of rotatable bonds is 9. The molecule has 3 aromatic rings. The molecule has 1 atom stereocenters. The number of amides is 1. The Hall–Kier alpha value is -4.07. The standard InChI is InChI=1S/C28H28F6N4O4/c1-16(18-7-9-20(10-8-18)26(41)42-2)35-24(40)22-23(28(32,33)34)36-38-12-11-37(25(22)38)15-17-5-6-19(4-3-13-39)21(14-17)27(29,30)31/h5-10,14,16,39H,3-4,11-13,15H2,1-2H3,(H,35,40). The number of esters is 1. The van der Waals surface area contributed by atoms with Gasteiger partial charge in [-0.05, 0) is 54.7 Å². The molecule has 1 aliphatic heterocycles. The van der Waals surface area contributed by atoms with Crippen LogP contribution in [0.15, 0.2) is 42.5 Å². The molecule has 2 N–H and O–H groups in total. The number of hydrogen-bond donors (Lipinski definition) is 2. The summed E-state index contributed by atoms with van der Waals surface area (Å²) in [5, 5.41) is 15.2. The zero-order valence-electron chi connectivity index (χ0n) is 22.6. The van der Waals surface area contributed by atoms with E-state index >= 15 is 0 Å². The number of alkyl halides is 6. The second-order valence-electron chi connectivity index (χ2n) is 9.81. The highest BCUT2D eigenvalue weighted by Gasteiger charge is 2.44. The van der Waals surface area contributed by atoms with E-state index in [9.17, 15) is 35.9 Å². The number of nitrogens with one attached hydrogen (secondary N) is 1. The molecule has 2 aromatic carbocycles. The van der Waals surface area contributed by atoms with Crippen molar-refractivity contribution in [2.24, 2.45) is 0 Å². The van der Waals surface area contributed by atoms with Crippen molar-refractivity contribution >= 4 is 17.7 Å². The average molecular weight is 599 g/mol. The number of aromatic nitrogens is 2. The van der Waals surface area contributed by atoms with Gasteiger partial charge in [-0.25, -0.2) is 9.48 Å². The number of fused-ring (bicyclic) bond motifs is 1. The van der Waals surface area contributed by atoms with E-state index in [1.54, 1.807) is 6.92 Å². The summed E-state index contributed by atoms with van der Waals surface area (Å²) in [6.45, 7) is 1.20. The summed E-state index contributed by atoms with van der Waals surface area (Å²) < 4.78 is 89.0. The van der Waals surface area contributed by atoms with Crippen LogP contribution in [0.4, 0.5) is 32.2 Å². The fraction of sp³-hybridized carbons (Fsp3) is 0.393. The van der Waals surface area contributed by atoms with Crippen molar-refractivity contribution in [2.45, 2.75) is 51.2 Å². The van der Waals surface area contributed by atoms with Crippen molar-refractivity contribution in [3.63, 3.8) is 0 Å². The first-order valence-electron chi connectivity index (χ1n) is 13.0. The lowest BCUT2D eigenvalue weighted by molar-refractivity contribution is -0.142. The molecule has 0 spiro atoms. The maximum atomic E-state index is 14.0. The molecule has 0 aliphatic carbocycles. The second kappa shape index (κ2) is 12.0. The smallest absolute Gasteiger partial charge is 0.436 e. The third-order valence-electron chi connectivity index (χ3n) is 6.94. The molecule has 0 radical (unpaired) electrons. The molecule has 226 valence electrons. The Labute approximate surface area is 236 Å². The summed E-state index contributed by atoms with van der Waals surface area (Å²) >= 11 is 0. The van der Waals surface area contributed by atoms with Crippen molar-refractivity contribution in [2.75, 3.05) is 25.2 Å². The molecule has 8 nitrogen and oxygen atoms in total. The average Bonchev–Trinajstić information content (AvgIpc) is 3.51. The SMILES string of the molecule is COC(=O)c1ccc(C(C)NC(=O)c2c(C(F)(F)F)nn3c2N(Cc2ccc(CCCO)c(C(F)(F)F)c2)CC3)cc1. The minimum atomic E-state index is -4.97. The number of nitrogens with zero attached hydrogens (tertiary/aromatic N) is 3. The molecule has 14 heteroatoms. The minimum Gasteiger partial charge on any atom is -0.465 e. The van der Waals surface area contributed by atoms with Crippen LogP contribution >= 0.6 is 0 Å². The molecule has 2 heterocycles. The zero-order chi connectivity index (χ0) is 30.8. The summed E-state index contributed by atoms with van der Waals surface area (Å²) in [5.41, 5.74) is -2.08. The van der Waals surface area contributed by atoms with E-state index in [0.29, 0.717) is 5.56 Å². The summed E-state index contributed by atoms with van der Waals surface area (Å²) in [6.07, 6.45) is -9.50. The van der Waals surface area contributed by atoms with E-state index in [-0.39, 0.29) is 61.6 Å². The van der Waals surface area contributed by atoms with Gasteiger partial charge in [0.05, 0.1) is 30.8 Å². The molecule has 1 aliphatic rings. The second-order valence-corrected chi connectivity index (χ2v) is 9.81. The number of carbonyl (C=O) groups excluding carboxylic acids is 2. The third-order valence-corrected chi connectivity index (χ3v) is 6.94. The summed E-state index contributed by atoms with van der Waals surface area (Å²) in [5.74, 6) is -1.79. The van der Waals surface area contributed by atoms with Gasteiger partial charge in [-0.1, -0.05) is 24.3 Å². The Balaban J connectivity index is 1.64. The first kappa shape index (κ1) is 30.9. The fourth-order valence-corrected chi connectivity index (χ4v) is 4.88. The highest BCUT2D eigenvalue weighted by molar-refractivity contribution is 6.01. The molecule has 0 saturated carbocycles. The van der Waals surface area contributed by atoms with Crippen LogP contribution in [0.1, 0.15) is 68.1 Å². The van der Waals surface area contributed by atoms with Crippen molar-refractivity contribution in [3.8, 4) is 0 Å². The van der Waals surface area contributed by atoms with Gasteiger partial charge in [0.15, 0.2) is 5.69 Å². The topological polar surface area (TPSA) is 96.7 Å². The highest BCUT2D eigenvalue weighted by atomic mass is 19.4. The van der Waals surface area contributed by atoms with Gasteiger partial charge in [-0.15, -0.1) is 0 Å². The van der Waals surface area contributed by atoms with Crippen molar-refractivity contribution in [1.29, 1.82) is 0 Å². The van der Waals surface area contributed by atoms with E-state index in [0.717, 1.165) is 10.7 Å². The number of halogens is 6. The number of anilines is 1. The van der Waals surface area contributed by atoms with E-state index in [2.05, 4.69) is 15.2 Å². The molecule has 1 aromatic heterocycles. The van der Waals surface area contributed by atoms with Crippen LogP contribution in [0.2, 0.25) is 0 Å². The molecule has 1 unspecified atom stereocenters. The molecular formula is C28H28F6N4O4. The van der Waals surface area contributed by atoms with Gasteiger partial charge < -0.3 is 20.1 Å². The number of carbonyl (C=O) groups is 2. The number of benzene rings is 2. The van der Waals surface area contributed by atoms with Gasteiger partial charge in [-0.2, -0.15) is 31.4 Å². The van der Waals surface area contributed by atoms with Gasteiger partial charge in [-0.3, -0.25) is 4.79 Å². The largest absolute Gasteiger partial charge is 0.465 e. The molecule has 1 amide bonds. The molecule has 42 heavy (non-hydrogen) atoms. The predicted octanol–water partition coefficient (Wildman–Crippen LogP) is 5.14. The van der Waals surface area contributed by atoms with Gasteiger partial charge in [0.25, 0.3) is 5.91 Å². The summed E-state index contributed by atoms with van der Waals surface area (Å²) in [6, 6.07) is 8.88. The molecule has 0 bridgehead atoms. The van der Waals surface area contributed by atoms with Crippen LogP contribution in [0.3, 0.4) is 0 Å². The van der Waals surface area contributed by atoms with E-state index < -0.39 is 47.1 Å². The van der Waals surface area contributed by atoms with Crippen LogP contribution in [-0.4, -0.2) is 47.0 Å². The number of aryl methyl sites for hydroxylation is 1. The Morgan fingerprint density at radius 2 is 1.74 bits per heavy atom.